The number of hydrogen-bond acceptors (Lipinski definition) is 4. The van der Waals surface area contributed by atoms with Crippen molar-refractivity contribution in [3.8, 4) is 5.75 Å². The van der Waals surface area contributed by atoms with E-state index in [9.17, 15) is 13.6 Å². The van der Waals surface area contributed by atoms with Crippen molar-refractivity contribution in [2.75, 3.05) is 0 Å². The van der Waals surface area contributed by atoms with Crippen LogP contribution >= 0.6 is 0 Å². The summed E-state index contributed by atoms with van der Waals surface area (Å²) in [4.78, 5) is 10.3. The monoisotopic (exact) mass is 281 g/mol. The van der Waals surface area contributed by atoms with Gasteiger partial charge in [-0.3, -0.25) is 0 Å². The van der Waals surface area contributed by atoms with Crippen molar-refractivity contribution in [2.24, 2.45) is 0 Å². The molecule has 1 N–H and O–H groups in total. The highest BCUT2D eigenvalue weighted by Gasteiger charge is 2.12. The van der Waals surface area contributed by atoms with E-state index in [1.54, 1.807) is 0 Å². The Morgan fingerprint density at radius 1 is 1.40 bits per heavy atom. The predicted molar refractivity (Wildman–Crippen MR) is 63.9 cm³/mol. The van der Waals surface area contributed by atoms with Gasteiger partial charge in [-0.2, -0.15) is 0 Å². The molecular weight excluding hydrogens is 272 g/mol. The van der Waals surface area contributed by atoms with Gasteiger partial charge in [0, 0.05) is 11.6 Å². The van der Waals surface area contributed by atoms with Crippen molar-refractivity contribution >= 4 is 12.0 Å². The zero-order valence-electron chi connectivity index (χ0n) is 10.0. The lowest BCUT2D eigenvalue weighted by molar-refractivity contribution is -0.131. The highest BCUT2D eigenvalue weighted by atomic mass is 19.1. The van der Waals surface area contributed by atoms with Crippen LogP contribution in [0.2, 0.25) is 0 Å². The Balaban J connectivity index is 2.16. The fraction of sp³-hybridized carbons (Fsp3) is 0.0769. The molecule has 0 saturated carbocycles. The lowest BCUT2D eigenvalue weighted by Crippen LogP contribution is -1.99. The van der Waals surface area contributed by atoms with Gasteiger partial charge in [-0.1, -0.05) is 5.16 Å². The lowest BCUT2D eigenvalue weighted by atomic mass is 10.2. The number of carboxylic acid groups (broad SMARTS) is 1. The second-order valence-corrected chi connectivity index (χ2v) is 3.81. The van der Waals surface area contributed by atoms with Gasteiger partial charge in [0.05, 0.1) is 6.20 Å². The molecule has 0 radical (unpaired) electrons. The van der Waals surface area contributed by atoms with Crippen LogP contribution in [0, 0.1) is 11.6 Å². The first-order valence-corrected chi connectivity index (χ1v) is 5.47. The number of benzene rings is 1. The van der Waals surface area contributed by atoms with Gasteiger partial charge in [-0.05, 0) is 23.8 Å². The molecule has 0 bridgehead atoms. The van der Waals surface area contributed by atoms with Crippen LogP contribution in [0.5, 0.6) is 5.75 Å². The first kappa shape index (κ1) is 13.7. The van der Waals surface area contributed by atoms with Crippen molar-refractivity contribution < 1.29 is 27.9 Å². The van der Waals surface area contributed by atoms with Gasteiger partial charge >= 0.3 is 5.97 Å². The lowest BCUT2D eigenvalue weighted by Gasteiger charge is -2.07. The minimum Gasteiger partial charge on any atom is -0.483 e. The quantitative estimate of drug-likeness (QED) is 0.853. The summed E-state index contributed by atoms with van der Waals surface area (Å²) in [6, 6.07) is 1.96. The van der Waals surface area contributed by atoms with Crippen LogP contribution in [0.1, 0.15) is 11.1 Å². The molecule has 0 aliphatic rings. The van der Waals surface area contributed by atoms with E-state index in [4.69, 9.17) is 9.84 Å². The van der Waals surface area contributed by atoms with E-state index in [0.29, 0.717) is 5.56 Å². The van der Waals surface area contributed by atoms with Gasteiger partial charge < -0.3 is 14.4 Å². The Labute approximate surface area is 112 Å². The molecule has 1 aromatic heterocycles. The number of halogens is 2. The van der Waals surface area contributed by atoms with Crippen molar-refractivity contribution in [3.63, 3.8) is 0 Å². The molecule has 0 aliphatic heterocycles. The molecule has 0 atom stereocenters. The van der Waals surface area contributed by atoms with Crippen LogP contribution in [0.4, 0.5) is 8.78 Å². The zero-order valence-corrected chi connectivity index (χ0v) is 10.0. The van der Waals surface area contributed by atoms with Gasteiger partial charge in [-0.25, -0.2) is 13.6 Å². The molecule has 0 amide bonds. The van der Waals surface area contributed by atoms with Crippen molar-refractivity contribution in [3.05, 3.63) is 53.4 Å². The highest BCUT2D eigenvalue weighted by molar-refractivity contribution is 5.85. The topological polar surface area (TPSA) is 72.6 Å². The average molecular weight is 281 g/mol. The van der Waals surface area contributed by atoms with Crippen LogP contribution in [0.25, 0.3) is 6.08 Å². The normalized spacial score (nSPS) is 10.9. The Hall–Kier alpha value is -2.70. The van der Waals surface area contributed by atoms with E-state index < -0.39 is 23.4 Å². The summed E-state index contributed by atoms with van der Waals surface area (Å²) in [5, 5.41) is 11.9. The summed E-state index contributed by atoms with van der Waals surface area (Å²) in [6.07, 6.45) is 4.52. The number of aliphatic carboxylic acids is 1. The van der Waals surface area contributed by atoms with Crippen LogP contribution in [-0.4, -0.2) is 16.2 Å². The smallest absolute Gasteiger partial charge is 0.328 e. The molecule has 2 rings (SSSR count). The number of ether oxygens (including phenoxy) is 1. The van der Waals surface area contributed by atoms with Gasteiger partial charge in [-0.15, -0.1) is 0 Å². The van der Waals surface area contributed by atoms with E-state index >= 15 is 0 Å². The minimum absolute atomic E-state index is 0.0831. The zero-order chi connectivity index (χ0) is 14.5. The molecule has 0 unspecified atom stereocenters. The maximum atomic E-state index is 13.7. The summed E-state index contributed by atoms with van der Waals surface area (Å²) < 4.78 is 36.9. The number of aromatic nitrogens is 1. The molecule has 0 saturated heterocycles. The number of carbonyl (C=O) groups is 1. The van der Waals surface area contributed by atoms with Crippen LogP contribution in [-0.2, 0) is 11.4 Å². The Morgan fingerprint density at radius 3 is 2.65 bits per heavy atom. The summed E-state index contributed by atoms with van der Waals surface area (Å²) in [7, 11) is 0. The third-order valence-corrected chi connectivity index (χ3v) is 2.31. The first-order chi connectivity index (χ1) is 9.56. The molecule has 1 heterocycles. The second-order valence-electron chi connectivity index (χ2n) is 3.81. The number of nitrogens with zero attached hydrogens (tertiary/aromatic N) is 1. The van der Waals surface area contributed by atoms with Crippen LogP contribution < -0.4 is 4.74 Å². The van der Waals surface area contributed by atoms with Crippen LogP contribution in [0.3, 0.4) is 0 Å². The molecule has 7 heteroatoms. The fourth-order valence-corrected chi connectivity index (χ4v) is 1.43. The number of carboxylic acids is 1. The number of hydrogen-bond donors (Lipinski definition) is 1. The Morgan fingerprint density at radius 2 is 2.10 bits per heavy atom. The van der Waals surface area contributed by atoms with E-state index in [1.165, 1.54) is 12.5 Å². The van der Waals surface area contributed by atoms with E-state index in [-0.39, 0.29) is 12.2 Å². The molecule has 0 spiro atoms. The molecule has 1 aromatic carbocycles. The summed E-state index contributed by atoms with van der Waals surface area (Å²) in [6.45, 7) is -0.0956. The van der Waals surface area contributed by atoms with E-state index in [0.717, 1.165) is 24.3 Å². The third kappa shape index (κ3) is 3.41. The van der Waals surface area contributed by atoms with Crippen molar-refractivity contribution in [1.29, 1.82) is 0 Å². The maximum absolute atomic E-state index is 13.7. The molecule has 0 aliphatic carbocycles. The molecule has 2 aromatic rings. The molecule has 5 nitrogen and oxygen atoms in total. The molecule has 20 heavy (non-hydrogen) atoms. The van der Waals surface area contributed by atoms with E-state index in [2.05, 4.69) is 9.68 Å². The SMILES string of the molecule is O=C(O)C=Cc1cc(F)c(OCc2cnoc2)c(F)c1. The molecular formula is C13H9F2NO4. The summed E-state index contributed by atoms with van der Waals surface area (Å²) in [5.74, 6) is -3.60. The number of rotatable bonds is 5. The van der Waals surface area contributed by atoms with Crippen molar-refractivity contribution in [2.45, 2.75) is 6.61 Å². The van der Waals surface area contributed by atoms with Crippen molar-refractivity contribution in [1.82, 2.24) is 5.16 Å². The third-order valence-electron chi connectivity index (χ3n) is 2.31. The summed E-state index contributed by atoms with van der Waals surface area (Å²) >= 11 is 0. The summed E-state index contributed by atoms with van der Waals surface area (Å²) in [5.41, 5.74) is 0.610. The van der Waals surface area contributed by atoms with Gasteiger partial charge in [0.1, 0.15) is 12.9 Å². The van der Waals surface area contributed by atoms with Gasteiger partial charge in [0.25, 0.3) is 0 Å². The highest BCUT2D eigenvalue weighted by Crippen LogP contribution is 2.24. The van der Waals surface area contributed by atoms with Crippen LogP contribution in [0.15, 0.2) is 35.2 Å². The minimum atomic E-state index is -1.21. The predicted octanol–water partition coefficient (Wildman–Crippen LogP) is 2.63. The van der Waals surface area contributed by atoms with Gasteiger partial charge in [0.2, 0.25) is 0 Å². The largest absolute Gasteiger partial charge is 0.483 e. The van der Waals surface area contributed by atoms with E-state index in [1.807, 2.05) is 0 Å². The fourth-order valence-electron chi connectivity index (χ4n) is 1.43. The standard InChI is InChI=1S/C13H9F2NO4/c14-10-3-8(1-2-12(17)18)4-11(15)13(10)19-6-9-5-16-20-7-9/h1-5,7H,6H2,(H,17,18). The second kappa shape index (κ2) is 5.96. The molecule has 104 valence electrons. The average Bonchev–Trinajstić information content (AvgIpc) is 2.88. The van der Waals surface area contributed by atoms with Gasteiger partial charge in [0.15, 0.2) is 17.4 Å². The first-order valence-electron chi connectivity index (χ1n) is 5.47. The maximum Gasteiger partial charge on any atom is 0.328 e. The Bertz CT molecular complexity index is 615. The Kier molecular flexibility index (Phi) is 4.09. The molecule has 0 fully saturated rings.